The van der Waals surface area contributed by atoms with Crippen LogP contribution in [0.1, 0.15) is 10.4 Å². The molecule has 0 heterocycles. The molecular weight excluding hydrogens is 171 g/mol. The number of ketones is 1. The molecule has 0 aromatic heterocycles. The second kappa shape index (κ2) is 4.00. The first-order valence-corrected chi connectivity index (χ1v) is 3.88. The molecule has 4 heteroatoms. The van der Waals surface area contributed by atoms with Gasteiger partial charge in [-0.2, -0.15) is 0 Å². The van der Waals surface area contributed by atoms with Gasteiger partial charge in [-0.1, -0.05) is 0 Å². The van der Waals surface area contributed by atoms with Crippen LogP contribution in [-0.4, -0.2) is 19.4 Å². The van der Waals surface area contributed by atoms with E-state index in [4.69, 9.17) is 5.73 Å². The molecule has 0 aliphatic heterocycles. The monoisotopic (exact) mass is 182 g/mol. The van der Waals surface area contributed by atoms with E-state index in [-0.39, 0.29) is 17.9 Å². The van der Waals surface area contributed by atoms with Gasteiger partial charge in [0.05, 0.1) is 6.54 Å². The second-order valence-electron chi connectivity index (χ2n) is 2.69. The second-order valence-corrected chi connectivity index (χ2v) is 2.69. The van der Waals surface area contributed by atoms with Crippen LogP contribution >= 0.6 is 0 Å². The molecule has 0 bridgehead atoms. The fourth-order valence-corrected chi connectivity index (χ4v) is 1.03. The third-order valence-electron chi connectivity index (χ3n) is 1.65. The highest BCUT2D eigenvalue weighted by Gasteiger charge is 2.09. The summed E-state index contributed by atoms with van der Waals surface area (Å²) in [5, 5.41) is 2.69. The summed E-state index contributed by atoms with van der Waals surface area (Å²) in [6.07, 6.45) is 0. The molecule has 0 radical (unpaired) electrons. The summed E-state index contributed by atoms with van der Waals surface area (Å²) < 4.78 is 12.7. The molecule has 0 saturated carbocycles. The molecule has 70 valence electrons. The lowest BCUT2D eigenvalue weighted by molar-refractivity contribution is 0.0994. The minimum atomic E-state index is -0.450. The predicted molar refractivity (Wildman–Crippen MR) is 49.1 cm³/mol. The SMILES string of the molecule is CNCC(=O)c1cc(F)ccc1N. The van der Waals surface area contributed by atoms with Crippen molar-refractivity contribution in [3.63, 3.8) is 0 Å². The standard InChI is InChI=1S/C9H11FN2O/c1-12-5-9(13)7-4-6(10)2-3-8(7)11/h2-4,12H,5,11H2,1H3. The Morgan fingerprint density at radius 1 is 1.62 bits per heavy atom. The number of carbonyl (C=O) groups is 1. The Kier molecular flexibility index (Phi) is 2.97. The van der Waals surface area contributed by atoms with Crippen LogP contribution in [0, 0.1) is 5.82 Å². The first-order valence-electron chi connectivity index (χ1n) is 3.88. The van der Waals surface area contributed by atoms with E-state index in [9.17, 15) is 9.18 Å². The molecule has 0 amide bonds. The Morgan fingerprint density at radius 3 is 2.92 bits per heavy atom. The Balaban J connectivity index is 2.99. The number of hydrogen-bond acceptors (Lipinski definition) is 3. The summed E-state index contributed by atoms with van der Waals surface area (Å²) >= 11 is 0. The van der Waals surface area contributed by atoms with Gasteiger partial charge in [0.2, 0.25) is 0 Å². The minimum absolute atomic E-state index is 0.160. The van der Waals surface area contributed by atoms with Gasteiger partial charge >= 0.3 is 0 Å². The fraction of sp³-hybridized carbons (Fsp3) is 0.222. The van der Waals surface area contributed by atoms with Crippen molar-refractivity contribution in [3.8, 4) is 0 Å². The first kappa shape index (κ1) is 9.67. The normalized spacial score (nSPS) is 10.0. The van der Waals surface area contributed by atoms with Gasteiger partial charge < -0.3 is 11.1 Å². The largest absolute Gasteiger partial charge is 0.398 e. The van der Waals surface area contributed by atoms with Gasteiger partial charge in [-0.05, 0) is 25.2 Å². The Morgan fingerprint density at radius 2 is 2.31 bits per heavy atom. The maximum absolute atomic E-state index is 12.7. The van der Waals surface area contributed by atoms with Crippen molar-refractivity contribution in [2.45, 2.75) is 0 Å². The number of nitrogen functional groups attached to an aromatic ring is 1. The van der Waals surface area contributed by atoms with Crippen LogP contribution in [0.25, 0.3) is 0 Å². The number of hydrogen-bond donors (Lipinski definition) is 2. The van der Waals surface area contributed by atoms with Crippen molar-refractivity contribution >= 4 is 11.5 Å². The summed E-state index contributed by atoms with van der Waals surface area (Å²) in [6, 6.07) is 3.76. The van der Waals surface area contributed by atoms with E-state index in [1.807, 2.05) is 0 Å². The third kappa shape index (κ3) is 2.26. The number of likely N-dealkylation sites (N-methyl/N-ethyl adjacent to an activating group) is 1. The molecule has 3 nitrogen and oxygen atoms in total. The molecular formula is C9H11FN2O. The van der Waals surface area contributed by atoms with Crippen molar-refractivity contribution < 1.29 is 9.18 Å². The average Bonchev–Trinajstić information content (AvgIpc) is 2.09. The molecule has 0 atom stereocenters. The van der Waals surface area contributed by atoms with Gasteiger partial charge in [-0.25, -0.2) is 4.39 Å². The molecule has 0 aliphatic carbocycles. The molecule has 1 rings (SSSR count). The molecule has 3 N–H and O–H groups in total. The Labute approximate surface area is 75.7 Å². The number of rotatable bonds is 3. The average molecular weight is 182 g/mol. The molecule has 13 heavy (non-hydrogen) atoms. The summed E-state index contributed by atoms with van der Waals surface area (Å²) in [5.74, 6) is -0.659. The summed E-state index contributed by atoms with van der Waals surface area (Å²) in [5.41, 5.74) is 6.04. The van der Waals surface area contributed by atoms with Crippen LogP contribution in [0.3, 0.4) is 0 Å². The summed E-state index contributed by atoms with van der Waals surface area (Å²) in [4.78, 5) is 11.3. The maximum Gasteiger partial charge on any atom is 0.178 e. The van der Waals surface area contributed by atoms with Crippen molar-refractivity contribution in [3.05, 3.63) is 29.6 Å². The quantitative estimate of drug-likeness (QED) is 0.537. The van der Waals surface area contributed by atoms with Gasteiger partial charge in [0.25, 0.3) is 0 Å². The van der Waals surface area contributed by atoms with E-state index in [2.05, 4.69) is 5.32 Å². The van der Waals surface area contributed by atoms with Crippen LogP contribution in [-0.2, 0) is 0 Å². The van der Waals surface area contributed by atoms with Gasteiger partial charge in [0, 0.05) is 11.3 Å². The van der Waals surface area contributed by atoms with E-state index in [0.717, 1.165) is 6.07 Å². The molecule has 0 spiro atoms. The minimum Gasteiger partial charge on any atom is -0.398 e. The van der Waals surface area contributed by atoms with Gasteiger partial charge in [-0.15, -0.1) is 0 Å². The van der Waals surface area contributed by atoms with E-state index in [1.165, 1.54) is 12.1 Å². The number of carbonyl (C=O) groups excluding carboxylic acids is 1. The highest BCUT2D eigenvalue weighted by atomic mass is 19.1. The van der Waals surface area contributed by atoms with Crippen LogP contribution in [0.2, 0.25) is 0 Å². The number of benzene rings is 1. The lowest BCUT2D eigenvalue weighted by atomic mass is 10.1. The van der Waals surface area contributed by atoms with Crippen LogP contribution in [0.4, 0.5) is 10.1 Å². The van der Waals surface area contributed by atoms with Crippen molar-refractivity contribution in [2.24, 2.45) is 0 Å². The molecule has 1 aromatic rings. The number of anilines is 1. The maximum atomic E-state index is 12.7. The molecule has 0 fully saturated rings. The molecule has 0 unspecified atom stereocenters. The smallest absolute Gasteiger partial charge is 0.178 e. The highest BCUT2D eigenvalue weighted by molar-refractivity contribution is 6.02. The molecule has 0 aliphatic rings. The Bertz CT molecular complexity index is 325. The fourth-order valence-electron chi connectivity index (χ4n) is 1.03. The van der Waals surface area contributed by atoms with Gasteiger partial charge in [0.1, 0.15) is 5.82 Å². The predicted octanol–water partition coefficient (Wildman–Crippen LogP) is 0.810. The third-order valence-corrected chi connectivity index (χ3v) is 1.65. The van der Waals surface area contributed by atoms with E-state index >= 15 is 0 Å². The number of halogens is 1. The van der Waals surface area contributed by atoms with Crippen molar-refractivity contribution in [1.82, 2.24) is 5.32 Å². The topological polar surface area (TPSA) is 55.1 Å². The lowest BCUT2D eigenvalue weighted by Crippen LogP contribution is -2.19. The van der Waals surface area contributed by atoms with Crippen molar-refractivity contribution in [1.29, 1.82) is 0 Å². The zero-order valence-corrected chi connectivity index (χ0v) is 7.30. The summed E-state index contributed by atoms with van der Waals surface area (Å²) in [6.45, 7) is 0.160. The van der Waals surface area contributed by atoms with Crippen molar-refractivity contribution in [2.75, 3.05) is 19.3 Å². The molecule has 1 aromatic carbocycles. The molecule has 0 saturated heterocycles. The van der Waals surface area contributed by atoms with Crippen LogP contribution in [0.5, 0.6) is 0 Å². The Hall–Kier alpha value is -1.42. The van der Waals surface area contributed by atoms with Gasteiger partial charge in [0.15, 0.2) is 5.78 Å². The van der Waals surface area contributed by atoms with Crippen LogP contribution in [0.15, 0.2) is 18.2 Å². The number of Topliss-reactive ketones (excluding diaryl/α,β-unsaturated/α-hetero) is 1. The number of nitrogens with one attached hydrogen (secondary N) is 1. The summed E-state index contributed by atoms with van der Waals surface area (Å²) in [7, 11) is 1.65. The van der Waals surface area contributed by atoms with E-state index in [1.54, 1.807) is 7.05 Å². The van der Waals surface area contributed by atoms with E-state index < -0.39 is 5.82 Å². The van der Waals surface area contributed by atoms with E-state index in [0.29, 0.717) is 5.69 Å². The number of nitrogens with two attached hydrogens (primary N) is 1. The highest BCUT2D eigenvalue weighted by Crippen LogP contribution is 2.13. The lowest BCUT2D eigenvalue weighted by Gasteiger charge is -2.03. The van der Waals surface area contributed by atoms with Gasteiger partial charge in [-0.3, -0.25) is 4.79 Å². The zero-order valence-electron chi connectivity index (χ0n) is 7.30. The van der Waals surface area contributed by atoms with Crippen LogP contribution < -0.4 is 11.1 Å². The zero-order chi connectivity index (χ0) is 9.84. The first-order chi connectivity index (χ1) is 6.15.